The SMILES string of the molecule is CC(=O)OCC1OC(Oc2ccc(C=C3C(=O)NC(=S)NC3=O)c(O)c2)C(OC(C)=O)C(OC(C)=O)C1OC(C)=O. The molecule has 0 bridgehead atoms. The monoisotopic (exact) mass is 594 g/mol. The minimum atomic E-state index is -1.53. The first-order chi connectivity index (χ1) is 19.2. The highest BCUT2D eigenvalue weighted by Crippen LogP contribution is 2.33. The Balaban J connectivity index is 1.95. The summed E-state index contributed by atoms with van der Waals surface area (Å²) in [6.45, 7) is 3.92. The van der Waals surface area contributed by atoms with Crippen LogP contribution in [0.15, 0.2) is 23.8 Å². The molecule has 2 aliphatic heterocycles. The van der Waals surface area contributed by atoms with E-state index < -0.39 is 78.8 Å². The number of carbonyl (C=O) groups excluding carboxylic acids is 6. The zero-order chi connectivity index (χ0) is 30.4. The molecule has 0 saturated carbocycles. The summed E-state index contributed by atoms with van der Waals surface area (Å²) in [4.78, 5) is 71.5. The average Bonchev–Trinajstić information content (AvgIpc) is 2.84. The lowest BCUT2D eigenvalue weighted by Gasteiger charge is -2.43. The van der Waals surface area contributed by atoms with Gasteiger partial charge in [-0.25, -0.2) is 0 Å². The molecule has 2 amide bonds. The number of phenols is 1. The van der Waals surface area contributed by atoms with Crippen LogP contribution in [0.1, 0.15) is 33.3 Å². The van der Waals surface area contributed by atoms with E-state index in [1.54, 1.807) is 0 Å². The topological polar surface area (TPSA) is 202 Å². The van der Waals surface area contributed by atoms with Crippen molar-refractivity contribution in [1.29, 1.82) is 0 Å². The third-order valence-electron chi connectivity index (χ3n) is 5.45. The molecule has 0 aromatic heterocycles. The van der Waals surface area contributed by atoms with Gasteiger partial charge < -0.3 is 33.5 Å². The van der Waals surface area contributed by atoms with Crippen LogP contribution in [0.2, 0.25) is 0 Å². The average molecular weight is 595 g/mol. The fourth-order valence-corrected chi connectivity index (χ4v) is 4.08. The number of esters is 4. The fraction of sp³-hybridized carbons (Fsp3) is 0.400. The van der Waals surface area contributed by atoms with E-state index in [4.69, 9.17) is 40.6 Å². The second-order valence-corrected chi connectivity index (χ2v) is 9.11. The van der Waals surface area contributed by atoms with Gasteiger partial charge in [-0.15, -0.1) is 0 Å². The van der Waals surface area contributed by atoms with Gasteiger partial charge in [0.15, 0.2) is 17.3 Å². The van der Waals surface area contributed by atoms with Gasteiger partial charge >= 0.3 is 23.9 Å². The number of carbonyl (C=O) groups is 6. The van der Waals surface area contributed by atoms with Crippen LogP contribution in [-0.4, -0.2) is 83.2 Å². The molecule has 3 rings (SSSR count). The van der Waals surface area contributed by atoms with Crippen LogP contribution in [0.5, 0.6) is 11.5 Å². The number of amides is 2. The first kappa shape index (κ1) is 31.0. The predicted molar refractivity (Wildman–Crippen MR) is 138 cm³/mol. The summed E-state index contributed by atoms with van der Waals surface area (Å²) in [5, 5.41) is 15.0. The van der Waals surface area contributed by atoms with E-state index in [-0.39, 0.29) is 22.0 Å². The largest absolute Gasteiger partial charge is 0.507 e. The van der Waals surface area contributed by atoms with Crippen molar-refractivity contribution < 1.29 is 62.3 Å². The Bertz CT molecular complexity index is 1290. The number of benzene rings is 1. The summed E-state index contributed by atoms with van der Waals surface area (Å²) in [6.07, 6.45) is -5.96. The Morgan fingerprint density at radius 1 is 0.902 bits per heavy atom. The Morgan fingerprint density at radius 2 is 1.46 bits per heavy atom. The normalized spacial score (nSPS) is 23.9. The van der Waals surface area contributed by atoms with Crippen molar-refractivity contribution in [2.75, 3.05) is 6.61 Å². The highest BCUT2D eigenvalue weighted by atomic mass is 32.1. The lowest BCUT2D eigenvalue weighted by Crippen LogP contribution is -2.63. The zero-order valence-corrected chi connectivity index (χ0v) is 23.0. The van der Waals surface area contributed by atoms with E-state index >= 15 is 0 Å². The maximum absolute atomic E-state index is 12.1. The van der Waals surface area contributed by atoms with E-state index in [2.05, 4.69) is 10.6 Å². The second-order valence-electron chi connectivity index (χ2n) is 8.70. The summed E-state index contributed by atoms with van der Waals surface area (Å²) >= 11 is 4.75. The van der Waals surface area contributed by atoms with Crippen LogP contribution >= 0.6 is 12.2 Å². The van der Waals surface area contributed by atoms with Crippen LogP contribution in [-0.2, 0) is 52.5 Å². The van der Waals surface area contributed by atoms with Gasteiger partial charge in [-0.1, -0.05) is 0 Å². The smallest absolute Gasteiger partial charge is 0.303 e. The first-order valence-electron chi connectivity index (χ1n) is 11.9. The van der Waals surface area contributed by atoms with E-state index in [1.807, 2.05) is 0 Å². The van der Waals surface area contributed by atoms with Crippen LogP contribution < -0.4 is 15.4 Å². The third-order valence-corrected chi connectivity index (χ3v) is 5.65. The standard InChI is InChI=1S/C25H26N2O13S/c1-10(28)35-9-18-19(36-11(2)29)20(37-12(3)30)21(38-13(4)31)24(40-18)39-15-6-5-14(17(32)8-15)7-16-22(33)26-25(41)27-23(16)34/h5-8,18-21,24,32H,9H2,1-4H3,(H2,26,27,33,34,41). The van der Waals surface area contributed by atoms with Crippen molar-refractivity contribution in [3.05, 3.63) is 29.3 Å². The number of phenolic OH excluding ortho intramolecular Hbond substituents is 1. The molecule has 2 aliphatic rings. The van der Waals surface area contributed by atoms with Gasteiger partial charge in [-0.05, 0) is 30.4 Å². The van der Waals surface area contributed by atoms with Gasteiger partial charge in [0.05, 0.1) is 0 Å². The Hall–Kier alpha value is -4.57. The molecule has 1 aromatic rings. The van der Waals surface area contributed by atoms with Gasteiger partial charge in [-0.2, -0.15) is 0 Å². The molecule has 2 saturated heterocycles. The summed E-state index contributed by atoms with van der Waals surface area (Å²) < 4.78 is 32.7. The number of ether oxygens (including phenoxy) is 6. The van der Waals surface area contributed by atoms with Crippen molar-refractivity contribution in [3.63, 3.8) is 0 Å². The molecule has 0 radical (unpaired) electrons. The lowest BCUT2D eigenvalue weighted by atomic mass is 9.98. The van der Waals surface area contributed by atoms with E-state index in [0.717, 1.165) is 39.8 Å². The highest BCUT2D eigenvalue weighted by Gasteiger charge is 2.53. The third kappa shape index (κ3) is 8.21. The van der Waals surface area contributed by atoms with Crippen LogP contribution in [0.4, 0.5) is 0 Å². The maximum atomic E-state index is 12.1. The first-order valence-corrected chi connectivity index (χ1v) is 12.3. The number of nitrogens with one attached hydrogen (secondary N) is 2. The van der Waals surface area contributed by atoms with E-state index in [1.165, 1.54) is 12.1 Å². The highest BCUT2D eigenvalue weighted by molar-refractivity contribution is 7.80. The van der Waals surface area contributed by atoms with Crippen molar-refractivity contribution in [1.82, 2.24) is 10.6 Å². The van der Waals surface area contributed by atoms with Gasteiger partial charge in [0.2, 0.25) is 12.4 Å². The maximum Gasteiger partial charge on any atom is 0.303 e. The number of hydrogen-bond acceptors (Lipinski definition) is 14. The Morgan fingerprint density at radius 3 is 2.00 bits per heavy atom. The number of hydrogen-bond donors (Lipinski definition) is 3. The van der Waals surface area contributed by atoms with Crippen molar-refractivity contribution in [2.24, 2.45) is 0 Å². The molecular weight excluding hydrogens is 568 g/mol. The molecule has 16 heteroatoms. The molecule has 15 nitrogen and oxygen atoms in total. The van der Waals surface area contributed by atoms with Crippen LogP contribution in [0.3, 0.4) is 0 Å². The minimum Gasteiger partial charge on any atom is -0.507 e. The molecule has 3 N–H and O–H groups in total. The molecule has 2 heterocycles. The number of aromatic hydroxyl groups is 1. The van der Waals surface area contributed by atoms with Gasteiger partial charge in [0.1, 0.15) is 29.8 Å². The summed E-state index contributed by atoms with van der Waals surface area (Å²) in [6, 6.07) is 3.77. The molecule has 5 atom stereocenters. The van der Waals surface area contributed by atoms with E-state index in [9.17, 15) is 33.9 Å². The molecule has 0 aliphatic carbocycles. The molecule has 2 fully saturated rings. The summed E-state index contributed by atoms with van der Waals surface area (Å²) in [7, 11) is 0. The molecule has 1 aromatic carbocycles. The molecular formula is C25H26N2O13S. The van der Waals surface area contributed by atoms with Crippen LogP contribution in [0.25, 0.3) is 6.08 Å². The fourth-order valence-electron chi connectivity index (χ4n) is 3.90. The number of thiocarbonyl (C=S) groups is 1. The molecule has 220 valence electrons. The van der Waals surface area contributed by atoms with Crippen molar-refractivity contribution in [2.45, 2.75) is 58.4 Å². The lowest BCUT2D eigenvalue weighted by molar-refractivity contribution is -0.288. The molecule has 0 spiro atoms. The van der Waals surface area contributed by atoms with Crippen molar-refractivity contribution >= 4 is 59.1 Å². The van der Waals surface area contributed by atoms with Crippen molar-refractivity contribution in [3.8, 4) is 11.5 Å². The summed E-state index contributed by atoms with van der Waals surface area (Å²) in [5.41, 5.74) is -0.255. The Labute approximate surface area is 238 Å². The predicted octanol–water partition coefficient (Wildman–Crippen LogP) is -0.232. The number of rotatable bonds is 8. The van der Waals surface area contributed by atoms with Crippen LogP contribution in [0, 0.1) is 0 Å². The van der Waals surface area contributed by atoms with E-state index in [0.29, 0.717) is 0 Å². The molecule has 41 heavy (non-hydrogen) atoms. The van der Waals surface area contributed by atoms with Gasteiger partial charge in [0.25, 0.3) is 11.8 Å². The molecule has 5 unspecified atom stereocenters. The Kier molecular flexibility index (Phi) is 9.96. The van der Waals surface area contributed by atoms with Gasteiger partial charge in [0, 0.05) is 39.3 Å². The minimum absolute atomic E-state index is 0.0516. The van der Waals surface area contributed by atoms with Gasteiger partial charge in [-0.3, -0.25) is 39.4 Å². The second kappa shape index (κ2) is 13.2. The quantitative estimate of drug-likeness (QED) is 0.117. The zero-order valence-electron chi connectivity index (χ0n) is 22.2. The summed E-state index contributed by atoms with van der Waals surface area (Å²) in [5.74, 6) is -5.12.